The minimum absolute atomic E-state index is 0.187. The van der Waals surface area contributed by atoms with E-state index in [1.54, 1.807) is 18.2 Å². The third-order valence-corrected chi connectivity index (χ3v) is 4.72. The number of nitrogens with two attached hydrogens (primary N) is 1. The highest BCUT2D eigenvalue weighted by atomic mass is 35.5. The minimum atomic E-state index is -1.34. The van der Waals surface area contributed by atoms with E-state index >= 15 is 0 Å². The van der Waals surface area contributed by atoms with Crippen LogP contribution in [0, 0.1) is 0 Å². The van der Waals surface area contributed by atoms with E-state index in [2.05, 4.69) is 0 Å². The van der Waals surface area contributed by atoms with E-state index in [0.29, 0.717) is 27.2 Å². The van der Waals surface area contributed by atoms with Gasteiger partial charge in [-0.2, -0.15) is 0 Å². The predicted molar refractivity (Wildman–Crippen MR) is 82.9 cm³/mol. The Bertz CT molecular complexity index is 716. The van der Waals surface area contributed by atoms with Crippen molar-refractivity contribution in [2.75, 3.05) is 11.5 Å². The van der Waals surface area contributed by atoms with Gasteiger partial charge in [-0.1, -0.05) is 23.2 Å². The highest BCUT2D eigenvalue weighted by molar-refractivity contribution is 7.85. The van der Waals surface area contributed by atoms with E-state index in [-0.39, 0.29) is 11.3 Å². The fraction of sp³-hybridized carbons (Fsp3) is 0.154. The number of hydrogen-bond acceptors (Lipinski definition) is 3. The summed E-state index contributed by atoms with van der Waals surface area (Å²) in [5.41, 5.74) is 5.91. The van der Waals surface area contributed by atoms with Crippen molar-refractivity contribution in [3.8, 4) is 0 Å². The van der Waals surface area contributed by atoms with Crippen molar-refractivity contribution in [3.05, 3.63) is 56.9 Å². The molecule has 1 atom stereocenters. The Morgan fingerprint density at radius 3 is 2.70 bits per heavy atom. The maximum atomic E-state index is 12.2. The topological polar surface area (TPSA) is 65.1 Å². The molecule has 0 aliphatic rings. The summed E-state index contributed by atoms with van der Waals surface area (Å²) in [6.07, 6.45) is 1.53. The van der Waals surface area contributed by atoms with Crippen LogP contribution in [0.5, 0.6) is 0 Å². The SMILES string of the molecule is Nc1ccc(=O)n(CCS(=O)c2cc(Cl)ccc2Cl)c1. The van der Waals surface area contributed by atoms with Gasteiger partial charge in [-0.3, -0.25) is 9.00 Å². The van der Waals surface area contributed by atoms with Gasteiger partial charge in [-0.05, 0) is 24.3 Å². The van der Waals surface area contributed by atoms with Gasteiger partial charge >= 0.3 is 0 Å². The zero-order valence-electron chi connectivity index (χ0n) is 10.4. The van der Waals surface area contributed by atoms with Crippen LogP contribution in [-0.2, 0) is 17.3 Å². The van der Waals surface area contributed by atoms with Gasteiger partial charge in [0.2, 0.25) is 0 Å². The Hall–Kier alpha value is -1.30. The summed E-state index contributed by atoms with van der Waals surface area (Å²) in [6.45, 7) is 0.291. The Morgan fingerprint density at radius 2 is 1.95 bits per heavy atom. The lowest BCUT2D eigenvalue weighted by atomic mass is 10.4. The van der Waals surface area contributed by atoms with Gasteiger partial charge in [0, 0.05) is 35.3 Å². The molecular formula is C13H12Cl2N2O2S. The van der Waals surface area contributed by atoms with Crippen LogP contribution in [0.25, 0.3) is 0 Å². The van der Waals surface area contributed by atoms with E-state index in [1.807, 2.05) is 0 Å². The van der Waals surface area contributed by atoms with E-state index < -0.39 is 10.8 Å². The van der Waals surface area contributed by atoms with Crippen LogP contribution in [0.1, 0.15) is 0 Å². The largest absolute Gasteiger partial charge is 0.398 e. The molecule has 2 N–H and O–H groups in total. The molecule has 0 spiro atoms. The Kier molecular flexibility index (Phi) is 4.86. The lowest BCUT2D eigenvalue weighted by molar-refractivity contribution is 0.669. The summed E-state index contributed by atoms with van der Waals surface area (Å²) in [5.74, 6) is 0.253. The Balaban J connectivity index is 2.14. The molecule has 2 rings (SSSR count). The van der Waals surface area contributed by atoms with Crippen molar-refractivity contribution in [1.82, 2.24) is 4.57 Å². The fourth-order valence-electron chi connectivity index (χ4n) is 1.67. The van der Waals surface area contributed by atoms with Gasteiger partial charge in [-0.15, -0.1) is 0 Å². The summed E-state index contributed by atoms with van der Waals surface area (Å²) < 4.78 is 13.6. The number of hydrogen-bond donors (Lipinski definition) is 1. The van der Waals surface area contributed by atoms with Crippen LogP contribution in [0.2, 0.25) is 10.0 Å². The van der Waals surface area contributed by atoms with Crippen LogP contribution in [0.4, 0.5) is 5.69 Å². The standard InChI is InChI=1S/C13H12Cl2N2O2S/c14-9-1-3-11(15)12(7-9)20(19)6-5-17-8-10(16)2-4-13(17)18/h1-4,7-8H,5-6,16H2. The molecule has 0 amide bonds. The maximum absolute atomic E-state index is 12.2. The van der Waals surface area contributed by atoms with Crippen LogP contribution in [-0.4, -0.2) is 14.5 Å². The van der Waals surface area contributed by atoms with Crippen LogP contribution < -0.4 is 11.3 Å². The van der Waals surface area contributed by atoms with Crippen molar-refractivity contribution >= 4 is 39.7 Å². The first-order valence-electron chi connectivity index (χ1n) is 5.77. The molecule has 0 radical (unpaired) electrons. The summed E-state index contributed by atoms with van der Waals surface area (Å²) in [4.78, 5) is 12.1. The van der Waals surface area contributed by atoms with Crippen LogP contribution in [0.3, 0.4) is 0 Å². The predicted octanol–water partition coefficient (Wildman–Crippen LogP) is 2.55. The molecule has 20 heavy (non-hydrogen) atoms. The molecule has 0 saturated heterocycles. The monoisotopic (exact) mass is 330 g/mol. The molecule has 0 fully saturated rings. The highest BCUT2D eigenvalue weighted by Gasteiger charge is 2.10. The summed E-state index contributed by atoms with van der Waals surface area (Å²) >= 11 is 11.8. The molecule has 106 valence electrons. The van der Waals surface area contributed by atoms with Gasteiger partial charge in [0.1, 0.15) is 0 Å². The summed E-state index contributed by atoms with van der Waals surface area (Å²) in [5, 5.41) is 0.867. The molecule has 4 nitrogen and oxygen atoms in total. The van der Waals surface area contributed by atoms with Crippen molar-refractivity contribution < 1.29 is 4.21 Å². The van der Waals surface area contributed by atoms with Crippen LogP contribution in [0.15, 0.2) is 46.2 Å². The van der Waals surface area contributed by atoms with Gasteiger partial charge in [0.05, 0.1) is 20.7 Å². The number of nitrogen functional groups attached to an aromatic ring is 1. The Morgan fingerprint density at radius 1 is 1.20 bits per heavy atom. The van der Waals surface area contributed by atoms with Crippen molar-refractivity contribution in [2.45, 2.75) is 11.4 Å². The van der Waals surface area contributed by atoms with Crippen molar-refractivity contribution in [3.63, 3.8) is 0 Å². The van der Waals surface area contributed by atoms with Gasteiger partial charge in [-0.25, -0.2) is 0 Å². The van der Waals surface area contributed by atoms with Crippen LogP contribution >= 0.6 is 23.2 Å². The van der Waals surface area contributed by atoms with E-state index in [1.165, 1.54) is 22.9 Å². The minimum Gasteiger partial charge on any atom is -0.398 e. The molecule has 1 aromatic heterocycles. The molecule has 2 aromatic rings. The molecule has 0 aliphatic carbocycles. The third kappa shape index (κ3) is 3.62. The van der Waals surface area contributed by atoms with Gasteiger partial charge < -0.3 is 10.3 Å². The smallest absolute Gasteiger partial charge is 0.250 e. The van der Waals surface area contributed by atoms with E-state index in [9.17, 15) is 9.00 Å². The van der Waals surface area contributed by atoms with Gasteiger partial charge in [0.25, 0.3) is 5.56 Å². The molecule has 0 bridgehead atoms. The number of nitrogens with zero attached hydrogens (tertiary/aromatic N) is 1. The van der Waals surface area contributed by atoms with E-state index in [4.69, 9.17) is 28.9 Å². The first-order valence-corrected chi connectivity index (χ1v) is 7.84. The lowest BCUT2D eigenvalue weighted by Crippen LogP contribution is -2.21. The zero-order valence-corrected chi connectivity index (χ0v) is 12.7. The molecule has 1 aromatic carbocycles. The molecule has 1 unspecified atom stereocenters. The third-order valence-electron chi connectivity index (χ3n) is 2.66. The van der Waals surface area contributed by atoms with Crippen molar-refractivity contribution in [1.29, 1.82) is 0 Å². The molecule has 7 heteroatoms. The van der Waals surface area contributed by atoms with E-state index in [0.717, 1.165) is 0 Å². The molecule has 0 saturated carbocycles. The number of aryl methyl sites for hydroxylation is 1. The molecular weight excluding hydrogens is 319 g/mol. The zero-order chi connectivity index (χ0) is 14.7. The normalized spacial score (nSPS) is 12.3. The second kappa shape index (κ2) is 6.43. The highest BCUT2D eigenvalue weighted by Crippen LogP contribution is 2.23. The number of anilines is 1. The second-order valence-corrected chi connectivity index (χ2v) is 6.50. The van der Waals surface area contributed by atoms with Gasteiger partial charge in [0.15, 0.2) is 0 Å². The maximum Gasteiger partial charge on any atom is 0.250 e. The number of halogens is 2. The average molecular weight is 331 g/mol. The number of rotatable bonds is 4. The fourth-order valence-corrected chi connectivity index (χ4v) is 3.41. The summed E-state index contributed by atoms with van der Waals surface area (Å²) in [6, 6.07) is 7.72. The lowest BCUT2D eigenvalue weighted by Gasteiger charge is -2.08. The number of pyridine rings is 1. The van der Waals surface area contributed by atoms with Crippen molar-refractivity contribution in [2.24, 2.45) is 0 Å². The second-order valence-electron chi connectivity index (χ2n) is 4.12. The molecule has 1 heterocycles. The average Bonchev–Trinajstić information content (AvgIpc) is 2.42. The number of aromatic nitrogens is 1. The first-order chi connectivity index (χ1) is 9.47. The summed E-state index contributed by atoms with van der Waals surface area (Å²) in [7, 11) is -1.34. The first kappa shape index (κ1) is 15.1. The molecule has 0 aliphatic heterocycles. The quantitative estimate of drug-likeness (QED) is 0.936. The Labute approximate surface area is 128 Å². The number of benzene rings is 1.